The van der Waals surface area contributed by atoms with Crippen molar-refractivity contribution in [3.63, 3.8) is 0 Å². The zero-order valence-electron chi connectivity index (χ0n) is 9.71. The molecule has 0 atom stereocenters. The van der Waals surface area contributed by atoms with Gasteiger partial charge in [0.25, 0.3) is 0 Å². The van der Waals surface area contributed by atoms with Crippen molar-refractivity contribution in [1.82, 2.24) is 5.32 Å². The number of phenolic OH excluding ortho intramolecular Hbond substituents is 1. The second kappa shape index (κ2) is 5.26. The lowest BCUT2D eigenvalue weighted by atomic mass is 10.2. The van der Waals surface area contributed by atoms with Gasteiger partial charge in [-0.3, -0.25) is 0 Å². The quantitative estimate of drug-likeness (QED) is 0.748. The van der Waals surface area contributed by atoms with Crippen LogP contribution in [0.25, 0.3) is 0 Å². The Balaban J connectivity index is 2.68. The smallest absolute Gasteiger partial charge is 0.160 e. The fraction of sp³-hybridized carbons (Fsp3) is 0.231. The van der Waals surface area contributed by atoms with Crippen molar-refractivity contribution in [2.75, 3.05) is 7.11 Å². The summed E-state index contributed by atoms with van der Waals surface area (Å²) < 4.78 is 5.02. The normalized spacial score (nSPS) is 9.62. The van der Waals surface area contributed by atoms with Crippen LogP contribution in [-0.2, 0) is 6.54 Å². The molecule has 0 aliphatic carbocycles. The highest BCUT2D eigenvalue weighted by atomic mass is 16.5. The number of ether oxygens (including phenoxy) is 1. The molecule has 1 rings (SSSR count). The first-order chi connectivity index (χ1) is 7.54. The SMILES string of the molecule is C=C(C)C(=C)NCc1ccc(O)c(OC)c1. The highest BCUT2D eigenvalue weighted by Gasteiger charge is 2.02. The molecule has 0 saturated heterocycles. The summed E-state index contributed by atoms with van der Waals surface area (Å²) in [5.41, 5.74) is 2.73. The van der Waals surface area contributed by atoms with Crippen LogP contribution in [0.3, 0.4) is 0 Å². The Morgan fingerprint density at radius 1 is 1.44 bits per heavy atom. The van der Waals surface area contributed by atoms with Crippen molar-refractivity contribution < 1.29 is 9.84 Å². The van der Waals surface area contributed by atoms with E-state index in [0.717, 1.165) is 16.8 Å². The zero-order valence-corrected chi connectivity index (χ0v) is 9.71. The third-order valence-corrected chi connectivity index (χ3v) is 2.27. The van der Waals surface area contributed by atoms with E-state index in [1.807, 2.05) is 13.0 Å². The van der Waals surface area contributed by atoms with Gasteiger partial charge >= 0.3 is 0 Å². The first-order valence-corrected chi connectivity index (χ1v) is 4.99. The van der Waals surface area contributed by atoms with Crippen LogP contribution in [0.1, 0.15) is 12.5 Å². The van der Waals surface area contributed by atoms with Gasteiger partial charge in [-0.15, -0.1) is 0 Å². The van der Waals surface area contributed by atoms with Gasteiger partial charge in [-0.1, -0.05) is 19.2 Å². The minimum atomic E-state index is 0.143. The molecule has 0 aliphatic rings. The molecule has 0 heterocycles. The van der Waals surface area contributed by atoms with Gasteiger partial charge in [-0.2, -0.15) is 0 Å². The Bertz CT molecular complexity index is 410. The topological polar surface area (TPSA) is 41.5 Å². The van der Waals surface area contributed by atoms with Crippen molar-refractivity contribution in [1.29, 1.82) is 0 Å². The Kier molecular flexibility index (Phi) is 4.00. The van der Waals surface area contributed by atoms with Gasteiger partial charge in [0.05, 0.1) is 7.11 Å². The minimum Gasteiger partial charge on any atom is -0.504 e. The van der Waals surface area contributed by atoms with Gasteiger partial charge in [-0.25, -0.2) is 0 Å². The summed E-state index contributed by atoms with van der Waals surface area (Å²) in [6.45, 7) is 10.1. The first kappa shape index (κ1) is 12.2. The second-order valence-electron chi connectivity index (χ2n) is 3.62. The molecule has 0 radical (unpaired) electrons. The number of hydrogen-bond acceptors (Lipinski definition) is 3. The molecule has 2 N–H and O–H groups in total. The van der Waals surface area contributed by atoms with Gasteiger partial charge in [0.15, 0.2) is 11.5 Å². The average molecular weight is 219 g/mol. The molecule has 0 spiro atoms. The van der Waals surface area contributed by atoms with Gasteiger partial charge in [0.2, 0.25) is 0 Å². The Morgan fingerprint density at radius 3 is 2.69 bits per heavy atom. The fourth-order valence-corrected chi connectivity index (χ4v) is 1.19. The molecule has 0 amide bonds. The number of phenols is 1. The highest BCUT2D eigenvalue weighted by Crippen LogP contribution is 2.26. The summed E-state index contributed by atoms with van der Waals surface area (Å²) >= 11 is 0. The maximum atomic E-state index is 9.42. The molecule has 0 saturated carbocycles. The Hall–Kier alpha value is -1.90. The van der Waals surface area contributed by atoms with Crippen LogP contribution in [-0.4, -0.2) is 12.2 Å². The van der Waals surface area contributed by atoms with Crippen molar-refractivity contribution in [2.24, 2.45) is 0 Å². The van der Waals surface area contributed by atoms with E-state index >= 15 is 0 Å². The lowest BCUT2D eigenvalue weighted by Gasteiger charge is -2.10. The summed E-state index contributed by atoms with van der Waals surface area (Å²) in [5, 5.41) is 12.6. The molecule has 3 nitrogen and oxygen atoms in total. The highest BCUT2D eigenvalue weighted by molar-refractivity contribution is 5.41. The van der Waals surface area contributed by atoms with Crippen molar-refractivity contribution in [2.45, 2.75) is 13.5 Å². The maximum Gasteiger partial charge on any atom is 0.160 e. The monoisotopic (exact) mass is 219 g/mol. The Labute approximate surface area is 96.1 Å². The van der Waals surface area contributed by atoms with E-state index < -0.39 is 0 Å². The molecule has 1 aromatic carbocycles. The van der Waals surface area contributed by atoms with Crippen molar-refractivity contribution in [3.05, 3.63) is 48.2 Å². The van der Waals surface area contributed by atoms with E-state index in [0.29, 0.717) is 12.3 Å². The lowest BCUT2D eigenvalue weighted by Crippen LogP contribution is -2.12. The number of rotatable bonds is 5. The number of hydrogen-bond donors (Lipinski definition) is 2. The third kappa shape index (κ3) is 3.05. The molecule has 0 fully saturated rings. The minimum absolute atomic E-state index is 0.143. The molecular weight excluding hydrogens is 202 g/mol. The van der Waals surface area contributed by atoms with Crippen LogP contribution in [0.5, 0.6) is 11.5 Å². The summed E-state index contributed by atoms with van der Waals surface area (Å²) in [4.78, 5) is 0. The van der Waals surface area contributed by atoms with Gasteiger partial charge in [-0.05, 0) is 30.2 Å². The van der Waals surface area contributed by atoms with E-state index in [-0.39, 0.29) is 5.75 Å². The summed E-state index contributed by atoms with van der Waals surface area (Å²) in [6, 6.07) is 5.23. The lowest BCUT2D eigenvalue weighted by molar-refractivity contribution is 0.373. The van der Waals surface area contributed by atoms with E-state index in [1.54, 1.807) is 12.1 Å². The van der Waals surface area contributed by atoms with Gasteiger partial charge in [0.1, 0.15) is 0 Å². The maximum absolute atomic E-state index is 9.42. The number of allylic oxidation sites excluding steroid dienone is 1. The molecule has 0 aromatic heterocycles. The molecule has 0 bridgehead atoms. The van der Waals surface area contributed by atoms with Gasteiger partial charge in [0, 0.05) is 12.2 Å². The molecule has 0 unspecified atom stereocenters. The molecule has 1 aromatic rings. The van der Waals surface area contributed by atoms with Crippen LogP contribution in [0.4, 0.5) is 0 Å². The fourth-order valence-electron chi connectivity index (χ4n) is 1.19. The van der Waals surface area contributed by atoms with Crippen LogP contribution in [0.15, 0.2) is 42.6 Å². The summed E-state index contributed by atoms with van der Waals surface area (Å²) in [7, 11) is 1.53. The number of methoxy groups -OCH3 is 1. The predicted octanol–water partition coefficient (Wildman–Crippen LogP) is 2.58. The van der Waals surface area contributed by atoms with E-state index in [2.05, 4.69) is 18.5 Å². The second-order valence-corrected chi connectivity index (χ2v) is 3.62. The number of aromatic hydroxyl groups is 1. The van der Waals surface area contributed by atoms with Crippen molar-refractivity contribution in [3.8, 4) is 11.5 Å². The van der Waals surface area contributed by atoms with Crippen LogP contribution in [0.2, 0.25) is 0 Å². The predicted molar refractivity (Wildman–Crippen MR) is 65.5 cm³/mol. The van der Waals surface area contributed by atoms with E-state index in [9.17, 15) is 5.11 Å². The first-order valence-electron chi connectivity index (χ1n) is 4.99. The summed E-state index contributed by atoms with van der Waals surface area (Å²) in [5.74, 6) is 0.616. The van der Waals surface area contributed by atoms with Crippen LogP contribution in [0, 0.1) is 0 Å². The summed E-state index contributed by atoms with van der Waals surface area (Å²) in [6.07, 6.45) is 0. The van der Waals surface area contributed by atoms with Crippen LogP contribution >= 0.6 is 0 Å². The molecule has 3 heteroatoms. The molecule has 0 aliphatic heterocycles. The number of nitrogens with one attached hydrogen (secondary N) is 1. The number of benzene rings is 1. The van der Waals surface area contributed by atoms with Crippen LogP contribution < -0.4 is 10.1 Å². The molecular formula is C13H17NO2. The van der Waals surface area contributed by atoms with E-state index in [1.165, 1.54) is 7.11 Å². The standard InChI is InChI=1S/C13H17NO2/c1-9(2)10(3)14-8-11-5-6-12(15)13(7-11)16-4/h5-7,14-15H,1,3,8H2,2,4H3. The zero-order chi connectivity index (χ0) is 12.1. The third-order valence-electron chi connectivity index (χ3n) is 2.27. The van der Waals surface area contributed by atoms with E-state index in [4.69, 9.17) is 4.74 Å². The Morgan fingerprint density at radius 2 is 2.12 bits per heavy atom. The van der Waals surface area contributed by atoms with Gasteiger partial charge < -0.3 is 15.2 Å². The molecule has 86 valence electrons. The van der Waals surface area contributed by atoms with Crippen molar-refractivity contribution >= 4 is 0 Å². The average Bonchev–Trinajstić information content (AvgIpc) is 2.27. The molecule has 16 heavy (non-hydrogen) atoms. The largest absolute Gasteiger partial charge is 0.504 e.